The summed E-state index contributed by atoms with van der Waals surface area (Å²) >= 11 is 5.92. The second-order valence-corrected chi connectivity index (χ2v) is 10.1. The lowest BCUT2D eigenvalue weighted by Crippen LogP contribution is -2.16. The molecule has 3 heterocycles. The lowest BCUT2D eigenvalue weighted by Gasteiger charge is -2.15. The third kappa shape index (κ3) is 5.09. The molecule has 4 rings (SSSR count). The zero-order valence-corrected chi connectivity index (χ0v) is 21.4. The normalized spacial score (nSPS) is 11.5. The average Bonchev–Trinajstić information content (AvgIpc) is 2.84. The van der Waals surface area contributed by atoms with Gasteiger partial charge in [0.05, 0.1) is 17.8 Å². The highest BCUT2D eigenvalue weighted by atomic mass is 35.5. The Kier molecular flexibility index (Phi) is 7.09. The number of hydrogen-bond acceptors (Lipinski definition) is 9. The van der Waals surface area contributed by atoms with E-state index in [1.807, 2.05) is 13.8 Å². The summed E-state index contributed by atoms with van der Waals surface area (Å²) in [6, 6.07) is 7.35. The summed E-state index contributed by atoms with van der Waals surface area (Å²) in [5.74, 6) is -0.192. The predicted molar refractivity (Wildman–Crippen MR) is 138 cm³/mol. The van der Waals surface area contributed by atoms with Gasteiger partial charge in [-0.15, -0.1) is 0 Å². The number of nitrogens with zero attached hydrogens (tertiary/aromatic N) is 4. The molecule has 13 heteroatoms. The molecule has 0 aliphatic heterocycles. The van der Waals surface area contributed by atoms with Crippen LogP contribution in [0, 0.1) is 5.82 Å². The molecule has 0 radical (unpaired) electrons. The van der Waals surface area contributed by atoms with Crippen molar-refractivity contribution in [3.05, 3.63) is 53.6 Å². The van der Waals surface area contributed by atoms with Gasteiger partial charge in [0.15, 0.2) is 16.4 Å². The van der Waals surface area contributed by atoms with E-state index in [-0.39, 0.29) is 33.1 Å². The van der Waals surface area contributed by atoms with E-state index in [9.17, 15) is 8.42 Å². The monoisotopic (exact) mass is 531 g/mol. The van der Waals surface area contributed by atoms with Crippen molar-refractivity contribution in [1.29, 1.82) is 0 Å². The van der Waals surface area contributed by atoms with Crippen LogP contribution in [0.1, 0.15) is 13.8 Å². The molecule has 0 saturated heterocycles. The Morgan fingerprint density at radius 3 is 2.56 bits per heavy atom. The molecule has 10 nitrogen and oxygen atoms in total. The van der Waals surface area contributed by atoms with Crippen LogP contribution in [0.3, 0.4) is 0 Å². The van der Waals surface area contributed by atoms with Gasteiger partial charge in [0.2, 0.25) is 11.8 Å². The molecule has 0 aliphatic carbocycles. The summed E-state index contributed by atoms with van der Waals surface area (Å²) in [5, 5.41) is 6.73. The molecule has 1 aromatic carbocycles. The zero-order chi connectivity index (χ0) is 26.0. The number of nitrogens with one attached hydrogen (secondary N) is 3. The molecular formula is C23H23ClFN7O3S. The second-order valence-electron chi connectivity index (χ2n) is 7.97. The fourth-order valence-corrected chi connectivity index (χ4v) is 4.89. The topological polar surface area (TPSA) is 131 Å². The van der Waals surface area contributed by atoms with Crippen molar-refractivity contribution in [2.24, 2.45) is 0 Å². The molecule has 0 amide bonds. The minimum absolute atomic E-state index is 0.0836. The highest BCUT2D eigenvalue weighted by Gasteiger charge is 2.24. The van der Waals surface area contributed by atoms with E-state index in [4.69, 9.17) is 16.3 Å². The Morgan fingerprint density at radius 2 is 1.86 bits per heavy atom. The van der Waals surface area contributed by atoms with E-state index in [2.05, 4.69) is 35.3 Å². The largest absolute Gasteiger partial charge is 0.480 e. The molecule has 0 bridgehead atoms. The fraction of sp³-hybridized carbons (Fsp3) is 0.217. The van der Waals surface area contributed by atoms with Gasteiger partial charge in [-0.25, -0.2) is 27.8 Å². The van der Waals surface area contributed by atoms with Crippen LogP contribution >= 0.6 is 11.6 Å². The molecular weight excluding hydrogens is 509 g/mol. The van der Waals surface area contributed by atoms with Crippen molar-refractivity contribution in [3.63, 3.8) is 0 Å². The van der Waals surface area contributed by atoms with Gasteiger partial charge in [0, 0.05) is 42.0 Å². The highest BCUT2D eigenvalue weighted by Crippen LogP contribution is 2.35. The Bertz CT molecular complexity index is 1550. The number of hydrogen-bond donors (Lipinski definition) is 3. The maximum absolute atomic E-state index is 15.7. The van der Waals surface area contributed by atoms with Gasteiger partial charge in [-0.1, -0.05) is 23.7 Å². The van der Waals surface area contributed by atoms with E-state index >= 15 is 4.39 Å². The summed E-state index contributed by atoms with van der Waals surface area (Å²) < 4.78 is 49.1. The van der Waals surface area contributed by atoms with Crippen molar-refractivity contribution in [2.45, 2.75) is 24.8 Å². The molecule has 3 N–H and O–H groups in total. The molecule has 36 heavy (non-hydrogen) atoms. The van der Waals surface area contributed by atoms with E-state index in [1.54, 1.807) is 19.3 Å². The number of halogens is 2. The van der Waals surface area contributed by atoms with Crippen molar-refractivity contribution in [3.8, 4) is 17.0 Å². The van der Waals surface area contributed by atoms with Gasteiger partial charge in [-0.3, -0.25) is 4.72 Å². The molecule has 0 saturated carbocycles. The Morgan fingerprint density at radius 1 is 1.08 bits per heavy atom. The van der Waals surface area contributed by atoms with Crippen LogP contribution in [0.25, 0.3) is 22.2 Å². The van der Waals surface area contributed by atoms with Gasteiger partial charge >= 0.3 is 0 Å². The molecule has 0 atom stereocenters. The maximum atomic E-state index is 15.7. The molecule has 4 aromatic rings. The number of pyridine rings is 2. The van der Waals surface area contributed by atoms with Crippen LogP contribution in [0.15, 0.2) is 47.6 Å². The lowest BCUT2D eigenvalue weighted by atomic mass is 10.0. The van der Waals surface area contributed by atoms with Gasteiger partial charge in [-0.2, -0.15) is 4.98 Å². The van der Waals surface area contributed by atoms with Crippen molar-refractivity contribution in [1.82, 2.24) is 19.9 Å². The SMILES string of the molecule is CNc1nc2nc(NC(C)C)ncc2cc1-c1cccc(NS(=O)(=O)c2cc(Cl)cnc2OC)c1F. The molecule has 0 unspecified atom stereocenters. The molecule has 0 spiro atoms. The van der Waals surface area contributed by atoms with Crippen molar-refractivity contribution in [2.75, 3.05) is 29.5 Å². The van der Waals surface area contributed by atoms with Crippen LogP contribution in [0.4, 0.5) is 21.8 Å². The first kappa shape index (κ1) is 25.3. The quantitative estimate of drug-likeness (QED) is 0.299. The number of ether oxygens (including phenoxy) is 1. The smallest absolute Gasteiger partial charge is 0.267 e. The van der Waals surface area contributed by atoms with Gasteiger partial charge < -0.3 is 15.4 Å². The number of methoxy groups -OCH3 is 1. The van der Waals surface area contributed by atoms with Crippen LogP contribution < -0.4 is 20.1 Å². The summed E-state index contributed by atoms with van der Waals surface area (Å²) in [7, 11) is -1.37. The van der Waals surface area contributed by atoms with Crippen LogP contribution in [-0.2, 0) is 10.0 Å². The predicted octanol–water partition coefficient (Wildman–Crippen LogP) is 4.55. The van der Waals surface area contributed by atoms with Crippen molar-refractivity contribution >= 4 is 50.1 Å². The maximum Gasteiger partial charge on any atom is 0.267 e. The van der Waals surface area contributed by atoms with E-state index in [1.165, 1.54) is 37.6 Å². The third-order valence-corrected chi connectivity index (χ3v) is 6.59. The molecule has 188 valence electrons. The Labute approximate surface area is 212 Å². The molecule has 0 fully saturated rings. The van der Waals surface area contributed by atoms with E-state index in [0.29, 0.717) is 28.4 Å². The summed E-state index contributed by atoms with van der Waals surface area (Å²) in [4.78, 5) is 16.8. The van der Waals surface area contributed by atoms with Gasteiger partial charge in [0.1, 0.15) is 5.82 Å². The minimum atomic E-state index is -4.29. The molecule has 3 aromatic heterocycles. The zero-order valence-electron chi connectivity index (χ0n) is 19.8. The number of benzene rings is 1. The third-order valence-electron chi connectivity index (χ3n) is 5.02. The van der Waals surface area contributed by atoms with Crippen LogP contribution in [-0.4, -0.2) is 48.6 Å². The number of sulfonamides is 1. The fourth-order valence-electron chi connectivity index (χ4n) is 3.46. The summed E-state index contributed by atoms with van der Waals surface area (Å²) in [6.07, 6.45) is 2.84. The minimum Gasteiger partial charge on any atom is -0.480 e. The number of rotatable bonds is 8. The first-order valence-electron chi connectivity index (χ1n) is 10.8. The van der Waals surface area contributed by atoms with Crippen LogP contribution in [0.2, 0.25) is 5.02 Å². The van der Waals surface area contributed by atoms with Gasteiger partial charge in [0.25, 0.3) is 10.0 Å². The highest BCUT2D eigenvalue weighted by molar-refractivity contribution is 7.92. The van der Waals surface area contributed by atoms with E-state index in [0.717, 1.165) is 0 Å². The Hall–Kier alpha value is -3.77. The lowest BCUT2D eigenvalue weighted by molar-refractivity contribution is 0.385. The van der Waals surface area contributed by atoms with Crippen LogP contribution in [0.5, 0.6) is 5.88 Å². The standard InChI is InChI=1S/C23H23ClFN7O3S/c1-12(2)29-23-28-10-13-8-16(21(26-3)30-20(13)31-23)15-6-5-7-17(19(15)25)32-36(33,34)18-9-14(24)11-27-22(18)35-4/h5-12,32H,1-4H3,(H2,26,28,29,30,31). The second kappa shape index (κ2) is 10.1. The summed E-state index contributed by atoms with van der Waals surface area (Å²) in [6.45, 7) is 3.93. The van der Waals surface area contributed by atoms with Gasteiger partial charge in [-0.05, 0) is 32.0 Å². The number of fused-ring (bicyclic) bond motifs is 1. The summed E-state index contributed by atoms with van der Waals surface area (Å²) in [5.41, 5.74) is 0.664. The van der Waals surface area contributed by atoms with Crippen molar-refractivity contribution < 1.29 is 17.5 Å². The number of aromatic nitrogens is 4. The first-order valence-corrected chi connectivity index (χ1v) is 12.6. The first-order chi connectivity index (χ1) is 17.1. The molecule has 0 aliphatic rings. The average molecular weight is 532 g/mol. The number of anilines is 3. The Balaban J connectivity index is 1.77. The van der Waals surface area contributed by atoms with E-state index < -0.39 is 15.8 Å².